The lowest BCUT2D eigenvalue weighted by Gasteiger charge is -2.21. The number of aryl methyl sites for hydroxylation is 1. The Morgan fingerprint density at radius 1 is 0.952 bits per heavy atom. The van der Waals surface area contributed by atoms with Gasteiger partial charge in [0.2, 0.25) is 0 Å². The molecule has 0 unspecified atom stereocenters. The van der Waals surface area contributed by atoms with Crippen molar-refractivity contribution in [2.24, 2.45) is 22.7 Å². The Bertz CT molecular complexity index is 447. The van der Waals surface area contributed by atoms with Crippen LogP contribution in [0.1, 0.15) is 65.2 Å². The molecule has 0 aliphatic rings. The maximum atomic E-state index is 4.94. The molecule has 1 aromatic carbocycles. The summed E-state index contributed by atoms with van der Waals surface area (Å²) < 4.78 is 0. The van der Waals surface area contributed by atoms with Gasteiger partial charge in [-0.15, -0.1) is 0 Å². The standard InChI is InChI=1S/C20H33N/c1-8-17-10-9-11-18(12-14(2)3)19(17)13-21-20(15(4)5)16(6)7/h9-11,13-16,20H,8,12H2,1-7H3/b21-13+. The minimum absolute atomic E-state index is 0.404. The molecular weight excluding hydrogens is 254 g/mol. The fourth-order valence-electron chi connectivity index (χ4n) is 3.03. The molecule has 118 valence electrons. The van der Waals surface area contributed by atoms with E-state index in [1.54, 1.807) is 0 Å². The highest BCUT2D eigenvalue weighted by Crippen LogP contribution is 2.20. The summed E-state index contributed by atoms with van der Waals surface area (Å²) in [7, 11) is 0. The number of aliphatic imine (C=N–C) groups is 1. The predicted molar refractivity (Wildman–Crippen MR) is 95.4 cm³/mol. The molecule has 1 aromatic rings. The second-order valence-corrected chi connectivity index (χ2v) is 7.20. The number of hydrogen-bond acceptors (Lipinski definition) is 1. The summed E-state index contributed by atoms with van der Waals surface area (Å²) in [5, 5.41) is 0. The molecule has 0 saturated heterocycles. The largest absolute Gasteiger partial charge is 0.289 e. The molecule has 0 heterocycles. The Morgan fingerprint density at radius 2 is 1.52 bits per heavy atom. The van der Waals surface area contributed by atoms with Gasteiger partial charge >= 0.3 is 0 Å². The van der Waals surface area contributed by atoms with E-state index in [4.69, 9.17) is 4.99 Å². The Balaban J connectivity index is 3.14. The molecule has 0 fully saturated rings. The van der Waals surface area contributed by atoms with Gasteiger partial charge in [-0.05, 0) is 47.3 Å². The summed E-state index contributed by atoms with van der Waals surface area (Å²) in [4.78, 5) is 4.94. The highest BCUT2D eigenvalue weighted by Gasteiger charge is 2.16. The van der Waals surface area contributed by atoms with Gasteiger partial charge in [0.1, 0.15) is 0 Å². The molecule has 0 aromatic heterocycles. The van der Waals surface area contributed by atoms with E-state index in [0.29, 0.717) is 23.8 Å². The highest BCUT2D eigenvalue weighted by atomic mass is 14.8. The van der Waals surface area contributed by atoms with Crippen LogP contribution >= 0.6 is 0 Å². The first-order valence-corrected chi connectivity index (χ1v) is 8.50. The molecule has 1 heteroatoms. The third-order valence-electron chi connectivity index (χ3n) is 4.04. The van der Waals surface area contributed by atoms with E-state index in [0.717, 1.165) is 12.8 Å². The van der Waals surface area contributed by atoms with Gasteiger partial charge in [0, 0.05) is 6.21 Å². The van der Waals surface area contributed by atoms with Gasteiger partial charge in [-0.2, -0.15) is 0 Å². The van der Waals surface area contributed by atoms with Crippen molar-refractivity contribution in [3.8, 4) is 0 Å². The summed E-state index contributed by atoms with van der Waals surface area (Å²) in [6, 6.07) is 7.10. The molecule has 0 amide bonds. The maximum absolute atomic E-state index is 4.94. The molecule has 0 saturated carbocycles. The van der Waals surface area contributed by atoms with E-state index in [9.17, 15) is 0 Å². The predicted octanol–water partition coefficient (Wildman–Crippen LogP) is 5.55. The van der Waals surface area contributed by atoms with E-state index in [2.05, 4.69) is 72.9 Å². The minimum atomic E-state index is 0.404. The fraction of sp³-hybridized carbons (Fsp3) is 0.650. The van der Waals surface area contributed by atoms with Crippen LogP contribution in [0.15, 0.2) is 23.2 Å². The third-order valence-corrected chi connectivity index (χ3v) is 4.04. The normalized spacial score (nSPS) is 12.5. The maximum Gasteiger partial charge on any atom is 0.0545 e. The molecule has 0 spiro atoms. The monoisotopic (exact) mass is 287 g/mol. The Labute approximate surface area is 131 Å². The van der Waals surface area contributed by atoms with E-state index in [1.807, 2.05) is 0 Å². The van der Waals surface area contributed by atoms with E-state index < -0.39 is 0 Å². The van der Waals surface area contributed by atoms with Gasteiger partial charge in [0.25, 0.3) is 0 Å². The molecule has 0 N–H and O–H groups in total. The molecule has 1 rings (SSSR count). The molecule has 0 atom stereocenters. The lowest BCUT2D eigenvalue weighted by molar-refractivity contribution is 0.390. The van der Waals surface area contributed by atoms with Crippen LogP contribution in [-0.4, -0.2) is 12.3 Å². The number of rotatable bonds is 7. The minimum Gasteiger partial charge on any atom is -0.289 e. The van der Waals surface area contributed by atoms with Crippen molar-refractivity contribution in [2.45, 2.75) is 67.3 Å². The quantitative estimate of drug-likeness (QED) is 0.583. The van der Waals surface area contributed by atoms with Crippen LogP contribution in [0.5, 0.6) is 0 Å². The number of nitrogens with zero attached hydrogens (tertiary/aromatic N) is 1. The molecule has 0 bridgehead atoms. The van der Waals surface area contributed by atoms with Crippen LogP contribution in [0, 0.1) is 17.8 Å². The first-order chi connectivity index (χ1) is 9.86. The molecule has 0 aliphatic heterocycles. The summed E-state index contributed by atoms with van der Waals surface area (Å²) in [5.41, 5.74) is 4.22. The van der Waals surface area contributed by atoms with Crippen LogP contribution in [0.2, 0.25) is 0 Å². The zero-order chi connectivity index (χ0) is 16.0. The first kappa shape index (κ1) is 17.9. The van der Waals surface area contributed by atoms with E-state index >= 15 is 0 Å². The van der Waals surface area contributed by atoms with Crippen LogP contribution in [0.4, 0.5) is 0 Å². The summed E-state index contributed by atoms with van der Waals surface area (Å²) in [5.74, 6) is 1.85. The smallest absolute Gasteiger partial charge is 0.0545 e. The van der Waals surface area contributed by atoms with Gasteiger partial charge < -0.3 is 0 Å². The van der Waals surface area contributed by atoms with Crippen molar-refractivity contribution in [3.63, 3.8) is 0 Å². The first-order valence-electron chi connectivity index (χ1n) is 8.50. The third kappa shape index (κ3) is 5.30. The summed E-state index contributed by atoms with van der Waals surface area (Å²) in [6.45, 7) is 15.9. The molecular formula is C20H33N. The number of hydrogen-bond donors (Lipinski definition) is 0. The van der Waals surface area contributed by atoms with Gasteiger partial charge in [-0.25, -0.2) is 0 Å². The zero-order valence-electron chi connectivity index (χ0n) is 15.0. The van der Waals surface area contributed by atoms with Crippen molar-refractivity contribution < 1.29 is 0 Å². The van der Waals surface area contributed by atoms with Crippen LogP contribution in [0.3, 0.4) is 0 Å². The van der Waals surface area contributed by atoms with Gasteiger partial charge in [0.05, 0.1) is 6.04 Å². The van der Waals surface area contributed by atoms with E-state index in [1.165, 1.54) is 16.7 Å². The summed E-state index contributed by atoms with van der Waals surface area (Å²) >= 11 is 0. The zero-order valence-corrected chi connectivity index (χ0v) is 15.0. The average molecular weight is 287 g/mol. The van der Waals surface area contributed by atoms with Gasteiger partial charge in [-0.3, -0.25) is 4.99 Å². The van der Waals surface area contributed by atoms with E-state index in [-0.39, 0.29) is 0 Å². The second kappa shape index (κ2) is 8.36. The highest BCUT2D eigenvalue weighted by molar-refractivity contribution is 5.84. The molecule has 0 radical (unpaired) electrons. The molecule has 21 heavy (non-hydrogen) atoms. The lowest BCUT2D eigenvalue weighted by Crippen LogP contribution is -2.20. The lowest BCUT2D eigenvalue weighted by atomic mass is 9.92. The van der Waals surface area contributed by atoms with Crippen LogP contribution < -0.4 is 0 Å². The van der Waals surface area contributed by atoms with Crippen molar-refractivity contribution in [1.82, 2.24) is 0 Å². The van der Waals surface area contributed by atoms with Crippen molar-refractivity contribution in [3.05, 3.63) is 34.9 Å². The van der Waals surface area contributed by atoms with Crippen LogP contribution in [0.25, 0.3) is 0 Å². The Kier molecular flexibility index (Phi) is 7.14. The Morgan fingerprint density at radius 3 is 2.00 bits per heavy atom. The number of benzene rings is 1. The second-order valence-electron chi connectivity index (χ2n) is 7.20. The van der Waals surface area contributed by atoms with Crippen molar-refractivity contribution >= 4 is 6.21 Å². The SMILES string of the molecule is CCc1cccc(CC(C)C)c1/C=N/C(C(C)C)C(C)C. The molecule has 1 nitrogen and oxygen atoms in total. The van der Waals surface area contributed by atoms with Gasteiger partial charge in [-0.1, -0.05) is 66.7 Å². The van der Waals surface area contributed by atoms with Crippen molar-refractivity contribution in [2.75, 3.05) is 0 Å². The fourth-order valence-corrected chi connectivity index (χ4v) is 3.03. The van der Waals surface area contributed by atoms with Gasteiger partial charge in [0.15, 0.2) is 0 Å². The average Bonchev–Trinajstić information content (AvgIpc) is 2.38. The Hall–Kier alpha value is -1.11. The summed E-state index contributed by atoms with van der Waals surface area (Å²) in [6.07, 6.45) is 4.35. The van der Waals surface area contributed by atoms with Crippen LogP contribution in [-0.2, 0) is 12.8 Å². The van der Waals surface area contributed by atoms with Crippen molar-refractivity contribution in [1.29, 1.82) is 0 Å². The topological polar surface area (TPSA) is 12.4 Å². The molecule has 0 aliphatic carbocycles.